The molecule has 2 aromatic rings. The molecule has 100 valence electrons. The van der Waals surface area contributed by atoms with Gasteiger partial charge in [-0.15, -0.1) is 0 Å². The van der Waals surface area contributed by atoms with Crippen molar-refractivity contribution < 1.29 is 24.2 Å². The summed E-state index contributed by atoms with van der Waals surface area (Å²) in [5, 5.41) is 17.9. The minimum atomic E-state index is -1.15. The first-order valence-corrected chi connectivity index (χ1v) is 5.57. The normalized spacial score (nSPS) is 12.5. The molecule has 0 amide bonds. The Morgan fingerprint density at radius 1 is 1.37 bits per heavy atom. The largest absolute Gasteiger partial charge is 0.480 e. The number of benzene rings is 1. The number of fused-ring (bicyclic) bond motifs is 1. The van der Waals surface area contributed by atoms with Crippen LogP contribution in [0.15, 0.2) is 27.4 Å². The first-order valence-electron chi connectivity index (χ1n) is 5.57. The quantitative estimate of drug-likeness (QED) is 0.862. The number of aromatic nitrogens is 1. The lowest BCUT2D eigenvalue weighted by Gasteiger charge is -2.10. The molecule has 2 N–H and O–H groups in total. The van der Waals surface area contributed by atoms with Gasteiger partial charge < -0.3 is 14.6 Å². The van der Waals surface area contributed by atoms with Gasteiger partial charge in [-0.3, -0.25) is 4.57 Å². The number of oxazole rings is 1. The summed E-state index contributed by atoms with van der Waals surface area (Å²) in [5.41, 5.74) is 0.297. The van der Waals surface area contributed by atoms with E-state index >= 15 is 0 Å². The van der Waals surface area contributed by atoms with Gasteiger partial charge in [0.1, 0.15) is 6.04 Å². The van der Waals surface area contributed by atoms with Crippen LogP contribution < -0.4 is 5.76 Å². The van der Waals surface area contributed by atoms with Gasteiger partial charge in [-0.25, -0.2) is 14.4 Å². The predicted octanol–water partition coefficient (Wildman–Crippen LogP) is 1.33. The number of rotatable bonds is 4. The average molecular weight is 265 g/mol. The Morgan fingerprint density at radius 3 is 2.58 bits per heavy atom. The average Bonchev–Trinajstić information content (AvgIpc) is 2.66. The van der Waals surface area contributed by atoms with Gasteiger partial charge in [0, 0.05) is 0 Å². The zero-order valence-electron chi connectivity index (χ0n) is 9.99. The molecule has 2 rings (SSSR count). The van der Waals surface area contributed by atoms with Crippen LogP contribution in [0.4, 0.5) is 0 Å². The van der Waals surface area contributed by atoms with Gasteiger partial charge in [-0.1, -0.05) is 6.92 Å². The fourth-order valence-corrected chi connectivity index (χ4v) is 1.93. The zero-order valence-corrected chi connectivity index (χ0v) is 9.99. The third-order valence-corrected chi connectivity index (χ3v) is 2.84. The minimum Gasteiger partial charge on any atom is -0.480 e. The summed E-state index contributed by atoms with van der Waals surface area (Å²) in [4.78, 5) is 33.6. The number of carbonyl (C=O) groups is 2. The van der Waals surface area contributed by atoms with E-state index in [1.54, 1.807) is 6.92 Å². The monoisotopic (exact) mass is 265 g/mol. The molecule has 19 heavy (non-hydrogen) atoms. The fourth-order valence-electron chi connectivity index (χ4n) is 1.93. The second kappa shape index (κ2) is 4.60. The number of carboxylic acid groups (broad SMARTS) is 2. The second-order valence-electron chi connectivity index (χ2n) is 3.99. The first kappa shape index (κ1) is 12.9. The van der Waals surface area contributed by atoms with Crippen LogP contribution in [0, 0.1) is 0 Å². The van der Waals surface area contributed by atoms with Crippen LogP contribution in [0.3, 0.4) is 0 Å². The molecule has 7 heteroatoms. The molecule has 0 saturated carbocycles. The topological polar surface area (TPSA) is 110 Å². The molecular weight excluding hydrogens is 254 g/mol. The van der Waals surface area contributed by atoms with Crippen LogP contribution in [-0.2, 0) is 4.79 Å². The maximum absolute atomic E-state index is 11.7. The highest BCUT2D eigenvalue weighted by Gasteiger charge is 2.23. The van der Waals surface area contributed by atoms with Crippen molar-refractivity contribution in [1.29, 1.82) is 0 Å². The van der Waals surface area contributed by atoms with Crippen molar-refractivity contribution in [3.8, 4) is 0 Å². The number of carboxylic acids is 2. The highest BCUT2D eigenvalue weighted by atomic mass is 16.4. The molecule has 1 unspecified atom stereocenters. The van der Waals surface area contributed by atoms with E-state index in [2.05, 4.69) is 0 Å². The van der Waals surface area contributed by atoms with E-state index in [0.29, 0.717) is 0 Å². The van der Waals surface area contributed by atoms with Crippen LogP contribution in [0.1, 0.15) is 29.7 Å². The van der Waals surface area contributed by atoms with Crippen molar-refractivity contribution in [2.24, 2.45) is 0 Å². The Balaban J connectivity index is 2.69. The van der Waals surface area contributed by atoms with Crippen molar-refractivity contribution in [2.75, 3.05) is 0 Å². The van der Waals surface area contributed by atoms with Gasteiger partial charge in [0.05, 0.1) is 11.1 Å². The Labute approximate surface area is 106 Å². The van der Waals surface area contributed by atoms with Crippen LogP contribution in [0.2, 0.25) is 0 Å². The van der Waals surface area contributed by atoms with E-state index < -0.39 is 23.7 Å². The molecule has 1 aromatic heterocycles. The van der Waals surface area contributed by atoms with Crippen LogP contribution >= 0.6 is 0 Å². The molecule has 7 nitrogen and oxygen atoms in total. The van der Waals surface area contributed by atoms with Crippen molar-refractivity contribution in [2.45, 2.75) is 19.4 Å². The minimum absolute atomic E-state index is 0.0308. The Bertz CT molecular complexity index is 711. The van der Waals surface area contributed by atoms with Crippen molar-refractivity contribution >= 4 is 23.0 Å². The molecule has 0 saturated heterocycles. The lowest BCUT2D eigenvalue weighted by atomic mass is 10.2. The third-order valence-electron chi connectivity index (χ3n) is 2.84. The molecule has 0 aliphatic rings. The molecule has 0 radical (unpaired) electrons. The molecule has 0 aliphatic carbocycles. The molecule has 1 heterocycles. The number of aromatic carboxylic acids is 1. The fraction of sp³-hybridized carbons (Fsp3) is 0.250. The van der Waals surface area contributed by atoms with E-state index in [0.717, 1.165) is 4.57 Å². The SMILES string of the molecule is CCC(C(=O)O)n1c(=O)oc2cc(C(=O)O)ccc21. The summed E-state index contributed by atoms with van der Waals surface area (Å²) in [5.74, 6) is -3.11. The Morgan fingerprint density at radius 2 is 2.05 bits per heavy atom. The molecule has 1 atom stereocenters. The molecule has 0 spiro atoms. The van der Waals surface area contributed by atoms with Crippen LogP contribution in [0.5, 0.6) is 0 Å². The van der Waals surface area contributed by atoms with Crippen molar-refractivity contribution in [3.05, 3.63) is 34.3 Å². The summed E-state index contributed by atoms with van der Waals surface area (Å²) in [6.07, 6.45) is 0.213. The van der Waals surface area contributed by atoms with Crippen molar-refractivity contribution in [3.63, 3.8) is 0 Å². The first-order chi connectivity index (χ1) is 8.95. The summed E-state index contributed by atoms with van der Waals surface area (Å²) in [7, 11) is 0. The number of nitrogens with zero attached hydrogens (tertiary/aromatic N) is 1. The van der Waals surface area contributed by atoms with Gasteiger partial charge >= 0.3 is 17.7 Å². The van der Waals surface area contributed by atoms with Gasteiger partial charge in [-0.2, -0.15) is 0 Å². The van der Waals surface area contributed by atoms with E-state index in [9.17, 15) is 14.4 Å². The van der Waals surface area contributed by atoms with E-state index in [1.165, 1.54) is 18.2 Å². The second-order valence-corrected chi connectivity index (χ2v) is 3.99. The molecule has 0 aliphatic heterocycles. The maximum Gasteiger partial charge on any atom is 0.420 e. The third kappa shape index (κ3) is 2.10. The van der Waals surface area contributed by atoms with Gasteiger partial charge in [0.25, 0.3) is 0 Å². The molecule has 1 aromatic carbocycles. The standard InChI is InChI=1S/C12H11NO6/c1-2-7(11(16)17)13-8-4-3-6(10(14)15)5-9(8)19-12(13)18/h3-5,7H,2H2,1H3,(H,14,15)(H,16,17). The lowest BCUT2D eigenvalue weighted by molar-refractivity contribution is -0.141. The summed E-state index contributed by atoms with van der Waals surface area (Å²) in [6, 6.07) is 2.83. The zero-order chi connectivity index (χ0) is 14.2. The molecule has 0 bridgehead atoms. The van der Waals surface area contributed by atoms with Gasteiger partial charge in [0.2, 0.25) is 0 Å². The summed E-state index contributed by atoms with van der Waals surface area (Å²) < 4.78 is 5.92. The van der Waals surface area contributed by atoms with Gasteiger partial charge in [-0.05, 0) is 24.6 Å². The Hall–Kier alpha value is -2.57. The number of hydrogen-bond acceptors (Lipinski definition) is 4. The predicted molar refractivity (Wildman–Crippen MR) is 64.4 cm³/mol. The molecular formula is C12H11NO6. The number of hydrogen-bond donors (Lipinski definition) is 2. The Kier molecular flexibility index (Phi) is 3.12. The number of aliphatic carboxylic acids is 1. The lowest BCUT2D eigenvalue weighted by Crippen LogP contribution is -2.26. The van der Waals surface area contributed by atoms with E-state index in [4.69, 9.17) is 14.6 Å². The van der Waals surface area contributed by atoms with Crippen LogP contribution in [-0.4, -0.2) is 26.7 Å². The van der Waals surface area contributed by atoms with Crippen molar-refractivity contribution in [1.82, 2.24) is 4.57 Å². The summed E-state index contributed by atoms with van der Waals surface area (Å²) >= 11 is 0. The van der Waals surface area contributed by atoms with E-state index in [1.807, 2.05) is 0 Å². The van der Waals surface area contributed by atoms with E-state index in [-0.39, 0.29) is 23.1 Å². The van der Waals surface area contributed by atoms with Crippen LogP contribution in [0.25, 0.3) is 11.1 Å². The highest BCUT2D eigenvalue weighted by molar-refractivity contribution is 5.92. The summed E-state index contributed by atoms with van der Waals surface area (Å²) in [6.45, 7) is 1.63. The maximum atomic E-state index is 11.7. The molecule has 0 fully saturated rings. The van der Waals surface area contributed by atoms with Gasteiger partial charge in [0.15, 0.2) is 5.58 Å². The smallest absolute Gasteiger partial charge is 0.420 e. The highest BCUT2D eigenvalue weighted by Crippen LogP contribution is 2.20.